The molecule has 0 saturated carbocycles. The summed E-state index contributed by atoms with van der Waals surface area (Å²) in [6.45, 7) is 10.0. The summed E-state index contributed by atoms with van der Waals surface area (Å²) in [6.07, 6.45) is 7.24. The van der Waals surface area contributed by atoms with E-state index < -0.39 is 0 Å². The highest BCUT2D eigenvalue weighted by molar-refractivity contribution is 7.18. The molecule has 1 nitrogen and oxygen atoms in total. The molecule has 0 amide bonds. The van der Waals surface area contributed by atoms with Crippen LogP contribution in [0.5, 0.6) is 0 Å². The monoisotopic (exact) mass is 298 g/mol. The summed E-state index contributed by atoms with van der Waals surface area (Å²) >= 11 is 1.91. The summed E-state index contributed by atoms with van der Waals surface area (Å²) in [6, 6.07) is 6.78. The first-order valence-corrected chi connectivity index (χ1v) is 8.69. The Bertz CT molecular complexity index is 733. The number of rotatable bonds is 2. The predicted molar refractivity (Wildman–Crippen MR) is 92.6 cm³/mol. The van der Waals surface area contributed by atoms with E-state index in [4.69, 9.17) is 0 Å². The highest BCUT2D eigenvalue weighted by atomic mass is 32.1. The van der Waals surface area contributed by atoms with Gasteiger partial charge in [0, 0.05) is 12.1 Å². The van der Waals surface area contributed by atoms with Crippen molar-refractivity contribution in [3.05, 3.63) is 46.0 Å². The van der Waals surface area contributed by atoms with E-state index >= 15 is 0 Å². The van der Waals surface area contributed by atoms with E-state index in [1.807, 2.05) is 11.3 Å². The average Bonchev–Trinajstić information content (AvgIpc) is 2.73. The largest absolute Gasteiger partial charge is 0.263 e. The van der Waals surface area contributed by atoms with Gasteiger partial charge < -0.3 is 0 Å². The summed E-state index contributed by atoms with van der Waals surface area (Å²) in [4.78, 5) is 0. The van der Waals surface area contributed by atoms with Gasteiger partial charge in [-0.2, -0.15) is 4.57 Å². The summed E-state index contributed by atoms with van der Waals surface area (Å²) < 4.78 is 3.83. The number of aryl methyl sites for hydroxylation is 2. The Hall–Kier alpha value is -1.41. The Morgan fingerprint density at radius 1 is 1.29 bits per heavy atom. The number of thiazole rings is 1. The lowest BCUT2D eigenvalue weighted by atomic mass is 9.88. The third-order valence-electron chi connectivity index (χ3n) is 4.20. The van der Waals surface area contributed by atoms with Crippen molar-refractivity contribution in [2.45, 2.75) is 47.1 Å². The van der Waals surface area contributed by atoms with Gasteiger partial charge in [0.2, 0.25) is 5.52 Å². The molecule has 1 aliphatic carbocycles. The third-order valence-corrected chi connectivity index (χ3v) is 5.31. The van der Waals surface area contributed by atoms with Gasteiger partial charge in [-0.25, -0.2) is 0 Å². The zero-order valence-corrected chi connectivity index (χ0v) is 14.3. The molecular weight excluding hydrogens is 274 g/mol. The number of aromatic nitrogens is 1. The number of hydrogen-bond acceptors (Lipinski definition) is 1. The molecule has 21 heavy (non-hydrogen) atoms. The second-order valence-corrected chi connectivity index (χ2v) is 7.44. The van der Waals surface area contributed by atoms with Crippen LogP contribution in [0.2, 0.25) is 0 Å². The standard InChI is InChI=1S/C19H24NS/c1-5-20-17-11-13(2)6-7-18(17)21-19(20)12-16-9-14(3)8-15(4)10-16/h6-7,9,11-12,15H,5,8,10H2,1-4H3/q+1/b16-12+/t15-/m0/s1. The van der Waals surface area contributed by atoms with E-state index in [0.717, 1.165) is 12.5 Å². The lowest BCUT2D eigenvalue weighted by Gasteiger charge is -2.18. The SMILES string of the molecule is CC[n+]1c(/C=C2\C=C(C)C[C@H](C)C2)sc2ccc(C)cc21. The number of fused-ring (bicyclic) bond motifs is 1. The molecule has 110 valence electrons. The number of nitrogens with zero attached hydrogens (tertiary/aromatic N) is 1. The molecule has 0 fully saturated rings. The first-order valence-electron chi connectivity index (χ1n) is 7.87. The highest BCUT2D eigenvalue weighted by Gasteiger charge is 2.19. The van der Waals surface area contributed by atoms with E-state index in [1.54, 1.807) is 0 Å². The van der Waals surface area contributed by atoms with Crippen LogP contribution in [0.15, 0.2) is 35.4 Å². The van der Waals surface area contributed by atoms with Gasteiger partial charge in [0.05, 0.1) is 0 Å². The lowest BCUT2D eigenvalue weighted by molar-refractivity contribution is -0.665. The molecule has 2 aromatic rings. The van der Waals surface area contributed by atoms with Crippen molar-refractivity contribution in [3.8, 4) is 0 Å². The zero-order valence-electron chi connectivity index (χ0n) is 13.4. The van der Waals surface area contributed by atoms with E-state index in [9.17, 15) is 0 Å². The van der Waals surface area contributed by atoms with Gasteiger partial charge in [0.25, 0.3) is 5.01 Å². The fraction of sp³-hybridized carbons (Fsp3) is 0.421. The van der Waals surface area contributed by atoms with Crippen LogP contribution in [0.1, 0.15) is 44.2 Å². The van der Waals surface area contributed by atoms with Crippen LogP contribution in [0.25, 0.3) is 16.3 Å². The molecule has 2 heteroatoms. The summed E-state index contributed by atoms with van der Waals surface area (Å²) in [5, 5.41) is 1.38. The summed E-state index contributed by atoms with van der Waals surface area (Å²) in [7, 11) is 0. The van der Waals surface area contributed by atoms with Crippen molar-refractivity contribution < 1.29 is 4.57 Å². The Balaban J connectivity index is 2.10. The molecule has 1 aliphatic rings. The maximum absolute atomic E-state index is 2.45. The molecular formula is C19H24NS+. The Kier molecular flexibility index (Phi) is 3.99. The molecule has 1 atom stereocenters. The first kappa shape index (κ1) is 14.5. The van der Waals surface area contributed by atoms with Crippen molar-refractivity contribution in [2.24, 2.45) is 5.92 Å². The summed E-state index contributed by atoms with van der Waals surface area (Å²) in [5.74, 6) is 0.771. The van der Waals surface area contributed by atoms with Gasteiger partial charge in [-0.3, -0.25) is 0 Å². The molecule has 0 bridgehead atoms. The summed E-state index contributed by atoms with van der Waals surface area (Å²) in [5.41, 5.74) is 5.71. The third kappa shape index (κ3) is 2.96. The van der Waals surface area contributed by atoms with Crippen molar-refractivity contribution in [1.29, 1.82) is 0 Å². The fourth-order valence-corrected chi connectivity index (χ4v) is 4.55. The molecule has 0 radical (unpaired) electrons. The second kappa shape index (κ2) is 5.76. The predicted octanol–water partition coefficient (Wildman–Crippen LogP) is 5.28. The van der Waals surface area contributed by atoms with Crippen molar-refractivity contribution in [2.75, 3.05) is 0 Å². The van der Waals surface area contributed by atoms with Crippen LogP contribution >= 0.6 is 11.3 Å². The molecule has 0 aliphatic heterocycles. The maximum atomic E-state index is 2.45. The van der Waals surface area contributed by atoms with Crippen LogP contribution in [-0.2, 0) is 6.54 Å². The minimum Gasteiger partial charge on any atom is -0.182 e. The Morgan fingerprint density at radius 3 is 2.81 bits per heavy atom. The Morgan fingerprint density at radius 2 is 2.10 bits per heavy atom. The quantitative estimate of drug-likeness (QED) is 0.664. The van der Waals surface area contributed by atoms with Gasteiger partial charge in [-0.15, -0.1) is 0 Å². The second-order valence-electron chi connectivity index (χ2n) is 6.38. The molecule has 1 aromatic carbocycles. The normalized spacial score (nSPS) is 21.0. The molecule has 0 spiro atoms. The Labute approximate surface area is 131 Å². The van der Waals surface area contributed by atoms with E-state index in [2.05, 4.69) is 62.6 Å². The fourth-order valence-electron chi connectivity index (χ4n) is 3.36. The maximum Gasteiger partial charge on any atom is 0.263 e. The van der Waals surface area contributed by atoms with Crippen molar-refractivity contribution in [3.63, 3.8) is 0 Å². The minimum atomic E-state index is 0.771. The van der Waals surface area contributed by atoms with Gasteiger partial charge in [-0.1, -0.05) is 36.0 Å². The zero-order chi connectivity index (χ0) is 15.0. The number of allylic oxidation sites excluding steroid dienone is 3. The average molecular weight is 298 g/mol. The first-order chi connectivity index (χ1) is 10.1. The highest BCUT2D eigenvalue weighted by Crippen LogP contribution is 2.30. The van der Waals surface area contributed by atoms with E-state index in [1.165, 1.54) is 44.8 Å². The van der Waals surface area contributed by atoms with E-state index in [0.29, 0.717) is 0 Å². The van der Waals surface area contributed by atoms with Crippen LogP contribution in [0, 0.1) is 12.8 Å². The lowest BCUT2D eigenvalue weighted by Crippen LogP contribution is -2.33. The molecule has 1 heterocycles. The van der Waals surface area contributed by atoms with Crippen molar-refractivity contribution in [1.82, 2.24) is 0 Å². The molecule has 1 aromatic heterocycles. The smallest absolute Gasteiger partial charge is 0.182 e. The number of hydrogen-bond donors (Lipinski definition) is 0. The van der Waals surface area contributed by atoms with Crippen LogP contribution in [0.4, 0.5) is 0 Å². The molecule has 0 saturated heterocycles. The van der Waals surface area contributed by atoms with Gasteiger partial charge >= 0.3 is 0 Å². The van der Waals surface area contributed by atoms with Crippen LogP contribution < -0.4 is 4.57 Å². The van der Waals surface area contributed by atoms with Crippen molar-refractivity contribution >= 4 is 27.6 Å². The molecule has 0 N–H and O–H groups in total. The topological polar surface area (TPSA) is 3.88 Å². The van der Waals surface area contributed by atoms with Gasteiger partial charge in [-0.05, 0) is 56.7 Å². The van der Waals surface area contributed by atoms with Crippen LogP contribution in [-0.4, -0.2) is 0 Å². The number of benzene rings is 1. The minimum absolute atomic E-state index is 0.771. The molecule has 0 unspecified atom stereocenters. The molecule has 3 rings (SSSR count). The van der Waals surface area contributed by atoms with Gasteiger partial charge in [0.15, 0.2) is 0 Å². The van der Waals surface area contributed by atoms with Gasteiger partial charge in [0.1, 0.15) is 11.2 Å². The van der Waals surface area contributed by atoms with Crippen LogP contribution in [0.3, 0.4) is 0 Å². The van der Waals surface area contributed by atoms with E-state index in [-0.39, 0.29) is 0 Å².